The minimum atomic E-state index is -0.483. The summed E-state index contributed by atoms with van der Waals surface area (Å²) in [4.78, 5) is 35.9. The first kappa shape index (κ1) is 22.7. The number of para-hydroxylation sites is 4. The van der Waals surface area contributed by atoms with Crippen LogP contribution >= 0.6 is 0 Å². The highest BCUT2D eigenvalue weighted by Gasteiger charge is 2.34. The Balaban J connectivity index is 1.28. The molecule has 1 saturated heterocycles. The number of hydrogen-bond acceptors (Lipinski definition) is 4. The quantitative estimate of drug-likeness (QED) is 0.408. The maximum absolute atomic E-state index is 13.3. The molecule has 2 heterocycles. The number of anilines is 1. The second-order valence-electron chi connectivity index (χ2n) is 8.68. The van der Waals surface area contributed by atoms with E-state index in [-0.39, 0.29) is 11.8 Å². The molecule has 0 aliphatic carbocycles. The number of likely N-dealkylation sites (tertiary alicyclic amines) is 1. The average Bonchev–Trinajstić information content (AvgIpc) is 3.55. The standard InChI is InChI=1S/C28H28N4O3/c1-35-25-15-7-3-10-20(25)19-9-2-4-11-21(19)31-28(34)24-14-8-18-32(24)27(33)17-16-26-29-22-12-5-6-13-23(22)30-26/h2-7,9-13,15,24H,8,14,16-18H2,1H3,(H,29,30)(H,31,34)/t24-/m0/s1. The van der Waals surface area contributed by atoms with Gasteiger partial charge in [-0.15, -0.1) is 0 Å². The fraction of sp³-hybridized carbons (Fsp3) is 0.250. The number of aromatic nitrogens is 2. The minimum Gasteiger partial charge on any atom is -0.496 e. The molecule has 2 amide bonds. The van der Waals surface area contributed by atoms with Crippen LogP contribution in [0.4, 0.5) is 5.69 Å². The van der Waals surface area contributed by atoms with E-state index in [1.165, 1.54) is 0 Å². The van der Waals surface area contributed by atoms with Crippen molar-refractivity contribution in [3.05, 3.63) is 78.6 Å². The number of H-pyrrole nitrogens is 1. The van der Waals surface area contributed by atoms with Gasteiger partial charge in [0.1, 0.15) is 17.6 Å². The van der Waals surface area contributed by atoms with Crippen molar-refractivity contribution in [2.45, 2.75) is 31.7 Å². The molecule has 0 bridgehead atoms. The van der Waals surface area contributed by atoms with Crippen LogP contribution < -0.4 is 10.1 Å². The zero-order chi connectivity index (χ0) is 24.2. The van der Waals surface area contributed by atoms with Crippen LogP contribution in [0, 0.1) is 0 Å². The summed E-state index contributed by atoms with van der Waals surface area (Å²) in [6, 6.07) is 22.7. The highest BCUT2D eigenvalue weighted by Crippen LogP contribution is 2.35. The molecule has 35 heavy (non-hydrogen) atoms. The van der Waals surface area contributed by atoms with Gasteiger partial charge in [-0.1, -0.05) is 48.5 Å². The molecular weight excluding hydrogens is 440 g/mol. The van der Waals surface area contributed by atoms with E-state index in [1.54, 1.807) is 12.0 Å². The first-order chi connectivity index (χ1) is 17.1. The second-order valence-corrected chi connectivity index (χ2v) is 8.68. The number of amides is 2. The number of carbonyl (C=O) groups is 2. The maximum Gasteiger partial charge on any atom is 0.247 e. The Hall–Kier alpha value is -4.13. The summed E-state index contributed by atoms with van der Waals surface area (Å²) < 4.78 is 5.52. The largest absolute Gasteiger partial charge is 0.496 e. The van der Waals surface area contributed by atoms with Crippen LogP contribution in [-0.2, 0) is 16.0 Å². The lowest BCUT2D eigenvalue weighted by Crippen LogP contribution is -2.43. The van der Waals surface area contributed by atoms with E-state index < -0.39 is 6.04 Å². The van der Waals surface area contributed by atoms with Crippen LogP contribution in [0.1, 0.15) is 25.1 Å². The van der Waals surface area contributed by atoms with Crippen molar-refractivity contribution in [1.29, 1.82) is 0 Å². The molecule has 0 spiro atoms. The van der Waals surface area contributed by atoms with Gasteiger partial charge in [-0.05, 0) is 37.1 Å². The summed E-state index contributed by atoms with van der Waals surface area (Å²) in [7, 11) is 1.63. The lowest BCUT2D eigenvalue weighted by atomic mass is 10.0. The van der Waals surface area contributed by atoms with Gasteiger partial charge in [-0.25, -0.2) is 4.98 Å². The van der Waals surface area contributed by atoms with Gasteiger partial charge in [0.15, 0.2) is 0 Å². The third-order valence-electron chi connectivity index (χ3n) is 6.47. The lowest BCUT2D eigenvalue weighted by Gasteiger charge is -2.24. The molecule has 1 aromatic heterocycles. The van der Waals surface area contributed by atoms with Gasteiger partial charge < -0.3 is 19.9 Å². The van der Waals surface area contributed by atoms with Crippen molar-refractivity contribution < 1.29 is 14.3 Å². The minimum absolute atomic E-state index is 0.0267. The van der Waals surface area contributed by atoms with Crippen molar-refractivity contribution in [2.75, 3.05) is 19.0 Å². The number of ether oxygens (including phenoxy) is 1. The molecule has 7 heteroatoms. The van der Waals surface area contributed by atoms with Crippen molar-refractivity contribution in [1.82, 2.24) is 14.9 Å². The first-order valence-electron chi connectivity index (χ1n) is 11.9. The molecule has 1 atom stereocenters. The van der Waals surface area contributed by atoms with Gasteiger partial charge in [-0.3, -0.25) is 9.59 Å². The van der Waals surface area contributed by atoms with Crippen LogP contribution in [0.5, 0.6) is 5.75 Å². The van der Waals surface area contributed by atoms with E-state index in [9.17, 15) is 9.59 Å². The molecule has 1 fully saturated rings. The van der Waals surface area contributed by atoms with E-state index in [1.807, 2.05) is 72.8 Å². The Morgan fingerprint density at radius 2 is 1.77 bits per heavy atom. The Bertz CT molecular complexity index is 1330. The van der Waals surface area contributed by atoms with Crippen molar-refractivity contribution in [3.8, 4) is 16.9 Å². The van der Waals surface area contributed by atoms with Crippen LogP contribution in [0.2, 0.25) is 0 Å². The zero-order valence-electron chi connectivity index (χ0n) is 19.7. The number of methoxy groups -OCH3 is 1. The third-order valence-corrected chi connectivity index (χ3v) is 6.47. The second kappa shape index (κ2) is 10.0. The smallest absolute Gasteiger partial charge is 0.247 e. The van der Waals surface area contributed by atoms with Gasteiger partial charge in [0.05, 0.1) is 18.1 Å². The molecule has 1 aliphatic heterocycles. The lowest BCUT2D eigenvalue weighted by molar-refractivity contribution is -0.136. The summed E-state index contributed by atoms with van der Waals surface area (Å²) in [5, 5.41) is 3.07. The molecule has 0 saturated carbocycles. The van der Waals surface area contributed by atoms with Crippen LogP contribution in [0.15, 0.2) is 72.8 Å². The third kappa shape index (κ3) is 4.75. The zero-order valence-corrected chi connectivity index (χ0v) is 19.7. The molecule has 0 radical (unpaired) electrons. The number of aryl methyl sites for hydroxylation is 1. The number of carbonyl (C=O) groups excluding carboxylic acids is 2. The number of fused-ring (bicyclic) bond motifs is 1. The molecule has 178 valence electrons. The van der Waals surface area contributed by atoms with Crippen LogP contribution in [-0.4, -0.2) is 46.4 Å². The maximum atomic E-state index is 13.3. The Labute approximate surface area is 204 Å². The van der Waals surface area contributed by atoms with Crippen molar-refractivity contribution >= 4 is 28.5 Å². The highest BCUT2D eigenvalue weighted by atomic mass is 16.5. The molecular formula is C28H28N4O3. The topological polar surface area (TPSA) is 87.3 Å². The molecule has 2 N–H and O–H groups in total. The van der Waals surface area contributed by atoms with Crippen molar-refractivity contribution in [3.63, 3.8) is 0 Å². The number of hydrogen-bond donors (Lipinski definition) is 2. The fourth-order valence-corrected chi connectivity index (χ4v) is 4.74. The predicted octanol–water partition coefficient (Wildman–Crippen LogP) is 4.80. The SMILES string of the molecule is COc1ccccc1-c1ccccc1NC(=O)[C@@H]1CCCN1C(=O)CCc1nc2ccccc2[nH]1. The van der Waals surface area contributed by atoms with Gasteiger partial charge in [0, 0.05) is 36.2 Å². The number of rotatable bonds is 7. The predicted molar refractivity (Wildman–Crippen MR) is 136 cm³/mol. The molecule has 3 aromatic carbocycles. The Morgan fingerprint density at radius 1 is 1.03 bits per heavy atom. The van der Waals surface area contributed by atoms with E-state index in [0.29, 0.717) is 31.5 Å². The molecule has 5 rings (SSSR count). The fourth-order valence-electron chi connectivity index (χ4n) is 4.74. The molecule has 1 aliphatic rings. The highest BCUT2D eigenvalue weighted by molar-refractivity contribution is 6.00. The molecule has 0 unspecified atom stereocenters. The van der Waals surface area contributed by atoms with Gasteiger partial charge in [0.2, 0.25) is 11.8 Å². The molecule has 7 nitrogen and oxygen atoms in total. The van der Waals surface area contributed by atoms with E-state index >= 15 is 0 Å². The average molecular weight is 469 g/mol. The van der Waals surface area contributed by atoms with Crippen LogP contribution in [0.25, 0.3) is 22.2 Å². The van der Waals surface area contributed by atoms with E-state index in [0.717, 1.165) is 40.2 Å². The number of aromatic amines is 1. The number of nitrogens with one attached hydrogen (secondary N) is 2. The number of nitrogens with zero attached hydrogens (tertiary/aromatic N) is 2. The van der Waals surface area contributed by atoms with E-state index in [2.05, 4.69) is 15.3 Å². The monoisotopic (exact) mass is 468 g/mol. The summed E-state index contributed by atoms with van der Waals surface area (Å²) in [6.07, 6.45) is 2.28. The number of imidazole rings is 1. The van der Waals surface area contributed by atoms with Gasteiger partial charge in [0.25, 0.3) is 0 Å². The summed E-state index contributed by atoms with van der Waals surface area (Å²) >= 11 is 0. The van der Waals surface area contributed by atoms with Gasteiger partial charge >= 0.3 is 0 Å². The number of benzene rings is 3. The summed E-state index contributed by atoms with van der Waals surface area (Å²) in [6.45, 7) is 0.588. The summed E-state index contributed by atoms with van der Waals surface area (Å²) in [5.41, 5.74) is 4.32. The van der Waals surface area contributed by atoms with Crippen molar-refractivity contribution in [2.24, 2.45) is 0 Å². The Kier molecular flexibility index (Phi) is 6.48. The Morgan fingerprint density at radius 3 is 2.60 bits per heavy atom. The molecule has 4 aromatic rings. The summed E-state index contributed by atoms with van der Waals surface area (Å²) in [5.74, 6) is 1.32. The first-order valence-corrected chi connectivity index (χ1v) is 11.9. The normalized spacial score (nSPS) is 15.3. The van der Waals surface area contributed by atoms with Gasteiger partial charge in [-0.2, -0.15) is 0 Å². The van der Waals surface area contributed by atoms with Crippen LogP contribution in [0.3, 0.4) is 0 Å². The van der Waals surface area contributed by atoms with E-state index in [4.69, 9.17) is 4.74 Å².